The van der Waals surface area contributed by atoms with E-state index < -0.39 is 0 Å². The van der Waals surface area contributed by atoms with Gasteiger partial charge < -0.3 is 5.32 Å². The Morgan fingerprint density at radius 2 is 1.68 bits per heavy atom. The number of aromatic nitrogens is 2. The van der Waals surface area contributed by atoms with Gasteiger partial charge in [0.15, 0.2) is 11.0 Å². The molecule has 19 heavy (non-hydrogen) atoms. The van der Waals surface area contributed by atoms with Gasteiger partial charge in [-0.1, -0.05) is 43.6 Å². The topological polar surface area (TPSA) is 37.8 Å². The monoisotopic (exact) mass is 275 g/mol. The Balaban J connectivity index is 2.39. The molecule has 0 aliphatic rings. The molecule has 2 aromatic rings. The fourth-order valence-electron chi connectivity index (χ4n) is 1.90. The van der Waals surface area contributed by atoms with Crippen LogP contribution in [0.25, 0.3) is 0 Å². The van der Waals surface area contributed by atoms with E-state index in [-0.39, 0.29) is 0 Å². The number of aryl methyl sites for hydroxylation is 2. The van der Waals surface area contributed by atoms with Gasteiger partial charge in [0.2, 0.25) is 0 Å². The number of rotatable bonds is 3. The molecule has 0 unspecified atom stereocenters. The summed E-state index contributed by atoms with van der Waals surface area (Å²) in [5.41, 5.74) is 4.00. The van der Waals surface area contributed by atoms with E-state index in [4.69, 9.17) is 11.6 Å². The molecule has 0 aliphatic heterocycles. The van der Waals surface area contributed by atoms with E-state index >= 15 is 0 Å². The zero-order valence-corrected chi connectivity index (χ0v) is 12.4. The first-order valence-corrected chi connectivity index (χ1v) is 6.73. The van der Waals surface area contributed by atoms with Crippen LogP contribution in [0, 0.1) is 13.8 Å². The molecule has 0 bridgehead atoms. The predicted molar refractivity (Wildman–Crippen MR) is 80.3 cm³/mol. The molecule has 4 heteroatoms. The highest BCUT2D eigenvalue weighted by Gasteiger charge is 2.10. The van der Waals surface area contributed by atoms with Gasteiger partial charge in [0.1, 0.15) is 0 Å². The maximum absolute atomic E-state index is 6.15. The first-order valence-electron chi connectivity index (χ1n) is 6.35. The maximum atomic E-state index is 6.15. The Labute approximate surface area is 119 Å². The fraction of sp³-hybridized carbons (Fsp3) is 0.333. The van der Waals surface area contributed by atoms with Gasteiger partial charge in [-0.25, -0.2) is 9.97 Å². The SMILES string of the molecule is Cc1nc(Cl)c(Nc2ccccc2C(C)C)nc1C. The van der Waals surface area contributed by atoms with Crippen LogP contribution < -0.4 is 5.32 Å². The molecule has 0 saturated heterocycles. The Bertz CT molecular complexity index is 594. The van der Waals surface area contributed by atoms with Gasteiger partial charge in [-0.05, 0) is 31.4 Å². The van der Waals surface area contributed by atoms with Crippen LogP contribution in [0.4, 0.5) is 11.5 Å². The van der Waals surface area contributed by atoms with E-state index in [2.05, 4.69) is 35.2 Å². The molecule has 0 spiro atoms. The molecule has 1 N–H and O–H groups in total. The van der Waals surface area contributed by atoms with Crippen molar-refractivity contribution in [1.82, 2.24) is 9.97 Å². The second kappa shape index (κ2) is 5.57. The second-order valence-electron chi connectivity index (χ2n) is 4.90. The van der Waals surface area contributed by atoms with Gasteiger partial charge in [-0.15, -0.1) is 0 Å². The Morgan fingerprint density at radius 1 is 1.05 bits per heavy atom. The van der Waals surface area contributed by atoms with Gasteiger partial charge >= 0.3 is 0 Å². The van der Waals surface area contributed by atoms with E-state index in [1.54, 1.807) is 0 Å². The van der Waals surface area contributed by atoms with Crippen molar-refractivity contribution in [2.75, 3.05) is 5.32 Å². The lowest BCUT2D eigenvalue weighted by Gasteiger charge is -2.15. The maximum Gasteiger partial charge on any atom is 0.172 e. The lowest BCUT2D eigenvalue weighted by atomic mass is 10.0. The molecule has 3 nitrogen and oxygen atoms in total. The quantitative estimate of drug-likeness (QED) is 0.889. The van der Waals surface area contributed by atoms with E-state index in [1.165, 1.54) is 5.56 Å². The molecule has 0 aliphatic carbocycles. The van der Waals surface area contributed by atoms with Crippen molar-refractivity contribution in [3.8, 4) is 0 Å². The molecule has 0 amide bonds. The summed E-state index contributed by atoms with van der Waals surface area (Å²) < 4.78 is 0. The molecule has 2 rings (SSSR count). The largest absolute Gasteiger partial charge is 0.337 e. The second-order valence-corrected chi connectivity index (χ2v) is 5.26. The highest BCUT2D eigenvalue weighted by Crippen LogP contribution is 2.28. The van der Waals surface area contributed by atoms with Crippen LogP contribution in [0.1, 0.15) is 36.7 Å². The van der Waals surface area contributed by atoms with E-state index in [0.29, 0.717) is 16.9 Å². The number of hydrogen-bond acceptors (Lipinski definition) is 3. The highest BCUT2D eigenvalue weighted by atomic mass is 35.5. The van der Waals surface area contributed by atoms with Crippen molar-refractivity contribution in [2.24, 2.45) is 0 Å². The third-order valence-corrected chi connectivity index (χ3v) is 3.36. The number of hydrogen-bond donors (Lipinski definition) is 1. The van der Waals surface area contributed by atoms with Crippen LogP contribution in [0.3, 0.4) is 0 Å². The number of halogens is 1. The summed E-state index contributed by atoms with van der Waals surface area (Å²) in [6, 6.07) is 8.17. The number of benzene rings is 1. The first kappa shape index (κ1) is 13.8. The van der Waals surface area contributed by atoms with Crippen LogP contribution in [0.15, 0.2) is 24.3 Å². The molecule has 0 saturated carbocycles. The summed E-state index contributed by atoms with van der Waals surface area (Å²) in [7, 11) is 0. The van der Waals surface area contributed by atoms with Crippen molar-refractivity contribution >= 4 is 23.1 Å². The van der Waals surface area contributed by atoms with Gasteiger partial charge in [-0.3, -0.25) is 0 Å². The van der Waals surface area contributed by atoms with Crippen LogP contribution >= 0.6 is 11.6 Å². The standard InChI is InChI=1S/C15H18ClN3/c1-9(2)12-7-5-6-8-13(12)19-15-14(16)17-10(3)11(4)18-15/h5-9H,1-4H3,(H,18,19). The van der Waals surface area contributed by atoms with E-state index in [1.807, 2.05) is 32.0 Å². The normalized spacial score (nSPS) is 10.8. The van der Waals surface area contributed by atoms with Crippen LogP contribution in [-0.4, -0.2) is 9.97 Å². The van der Waals surface area contributed by atoms with Crippen LogP contribution in [0.2, 0.25) is 5.15 Å². The summed E-state index contributed by atoms with van der Waals surface area (Å²) in [6.45, 7) is 8.15. The van der Waals surface area contributed by atoms with Gasteiger partial charge in [0.25, 0.3) is 0 Å². The Kier molecular flexibility index (Phi) is 4.05. The van der Waals surface area contributed by atoms with Gasteiger partial charge in [0, 0.05) is 5.69 Å². The predicted octanol–water partition coefficient (Wildman–Crippen LogP) is 4.61. The van der Waals surface area contributed by atoms with Crippen molar-refractivity contribution in [3.05, 3.63) is 46.4 Å². The van der Waals surface area contributed by atoms with Crippen molar-refractivity contribution < 1.29 is 0 Å². The van der Waals surface area contributed by atoms with Crippen molar-refractivity contribution in [2.45, 2.75) is 33.6 Å². The number of para-hydroxylation sites is 1. The van der Waals surface area contributed by atoms with Gasteiger partial charge in [-0.2, -0.15) is 0 Å². The third-order valence-electron chi connectivity index (χ3n) is 3.10. The average molecular weight is 276 g/mol. The first-order chi connectivity index (χ1) is 8.99. The minimum absolute atomic E-state index is 0.404. The minimum atomic E-state index is 0.404. The molecule has 1 heterocycles. The molecular weight excluding hydrogens is 258 g/mol. The van der Waals surface area contributed by atoms with E-state index in [9.17, 15) is 0 Å². The molecule has 0 atom stereocenters. The summed E-state index contributed by atoms with van der Waals surface area (Å²) >= 11 is 6.15. The Morgan fingerprint density at radius 3 is 2.37 bits per heavy atom. The summed E-state index contributed by atoms with van der Waals surface area (Å²) in [6.07, 6.45) is 0. The smallest absolute Gasteiger partial charge is 0.172 e. The third kappa shape index (κ3) is 3.04. The summed E-state index contributed by atoms with van der Waals surface area (Å²) in [5.74, 6) is 1.04. The van der Waals surface area contributed by atoms with Crippen molar-refractivity contribution in [1.29, 1.82) is 0 Å². The van der Waals surface area contributed by atoms with Crippen LogP contribution in [-0.2, 0) is 0 Å². The number of nitrogens with one attached hydrogen (secondary N) is 1. The summed E-state index contributed by atoms with van der Waals surface area (Å²) in [5, 5.41) is 3.69. The molecule has 0 radical (unpaired) electrons. The minimum Gasteiger partial charge on any atom is -0.337 e. The molecule has 0 fully saturated rings. The number of nitrogens with zero attached hydrogens (tertiary/aromatic N) is 2. The lowest BCUT2D eigenvalue weighted by Crippen LogP contribution is -2.03. The average Bonchev–Trinajstić information content (AvgIpc) is 2.36. The number of anilines is 2. The molecular formula is C15H18ClN3. The fourth-order valence-corrected chi connectivity index (χ4v) is 2.11. The van der Waals surface area contributed by atoms with Crippen molar-refractivity contribution in [3.63, 3.8) is 0 Å². The molecule has 100 valence electrons. The molecule has 1 aromatic carbocycles. The zero-order chi connectivity index (χ0) is 14.0. The zero-order valence-electron chi connectivity index (χ0n) is 11.7. The Hall–Kier alpha value is -1.61. The molecule has 1 aromatic heterocycles. The van der Waals surface area contributed by atoms with Gasteiger partial charge in [0.05, 0.1) is 11.4 Å². The van der Waals surface area contributed by atoms with E-state index in [0.717, 1.165) is 17.1 Å². The lowest BCUT2D eigenvalue weighted by molar-refractivity contribution is 0.868. The summed E-state index contributed by atoms with van der Waals surface area (Å²) in [4.78, 5) is 8.75. The van der Waals surface area contributed by atoms with Crippen LogP contribution in [0.5, 0.6) is 0 Å². The highest BCUT2D eigenvalue weighted by molar-refractivity contribution is 6.31.